The number of amides is 2. The van der Waals surface area contributed by atoms with E-state index in [2.05, 4.69) is 10.6 Å². The molecule has 0 unspecified atom stereocenters. The van der Waals surface area contributed by atoms with Crippen molar-refractivity contribution >= 4 is 23.5 Å². The Morgan fingerprint density at radius 3 is 2.48 bits per heavy atom. The smallest absolute Gasteiger partial charge is 0.329 e. The van der Waals surface area contributed by atoms with Crippen molar-refractivity contribution in [2.45, 2.75) is 26.0 Å². The Balaban J connectivity index is 1.79. The SMILES string of the molecule is C[C@H](NC(=O)COc1ccccc1)C(=O)O[C@H](C)C(=O)Nc1cccc(C#N)c1. The molecule has 29 heavy (non-hydrogen) atoms. The second kappa shape index (κ2) is 10.5. The van der Waals surface area contributed by atoms with E-state index in [0.29, 0.717) is 17.0 Å². The molecular weight excluding hydrogens is 374 g/mol. The number of hydrogen-bond acceptors (Lipinski definition) is 6. The Kier molecular flexibility index (Phi) is 7.74. The standard InChI is InChI=1S/C21H21N3O5/c1-14(23-19(25)13-28-18-9-4-3-5-10-18)21(27)29-15(2)20(26)24-17-8-6-7-16(11-17)12-22/h3-11,14-15H,13H2,1-2H3,(H,23,25)(H,24,26)/t14-,15+/m0/s1. The lowest BCUT2D eigenvalue weighted by Crippen LogP contribution is -2.44. The van der Waals surface area contributed by atoms with Gasteiger partial charge in [-0.25, -0.2) is 4.79 Å². The largest absolute Gasteiger partial charge is 0.484 e. The predicted molar refractivity (Wildman–Crippen MR) is 105 cm³/mol. The van der Waals surface area contributed by atoms with Crippen molar-refractivity contribution in [1.82, 2.24) is 5.32 Å². The second-order valence-corrected chi connectivity index (χ2v) is 6.15. The van der Waals surface area contributed by atoms with E-state index < -0.39 is 29.9 Å². The maximum absolute atomic E-state index is 12.2. The molecule has 0 spiro atoms. The first kappa shape index (κ1) is 21.4. The third-order valence-corrected chi connectivity index (χ3v) is 3.77. The maximum Gasteiger partial charge on any atom is 0.329 e. The van der Waals surface area contributed by atoms with E-state index in [1.54, 1.807) is 42.5 Å². The van der Waals surface area contributed by atoms with Gasteiger partial charge in [0.15, 0.2) is 12.7 Å². The molecule has 2 aromatic rings. The maximum atomic E-state index is 12.2. The molecule has 150 valence electrons. The molecular formula is C21H21N3O5. The number of nitrogens with one attached hydrogen (secondary N) is 2. The molecule has 8 heteroatoms. The summed E-state index contributed by atoms with van der Waals surface area (Å²) in [5.41, 5.74) is 0.804. The molecule has 2 amide bonds. The van der Waals surface area contributed by atoms with Crippen LogP contribution in [0.2, 0.25) is 0 Å². The van der Waals surface area contributed by atoms with Crippen LogP contribution in [-0.2, 0) is 19.1 Å². The minimum absolute atomic E-state index is 0.257. The van der Waals surface area contributed by atoms with Crippen molar-refractivity contribution in [3.8, 4) is 11.8 Å². The van der Waals surface area contributed by atoms with Crippen LogP contribution < -0.4 is 15.4 Å². The highest BCUT2D eigenvalue weighted by Gasteiger charge is 2.23. The Hall–Kier alpha value is -3.86. The number of rotatable bonds is 8. The minimum atomic E-state index is -1.09. The molecule has 0 saturated heterocycles. The molecule has 0 aliphatic carbocycles. The first-order valence-corrected chi connectivity index (χ1v) is 8.87. The van der Waals surface area contributed by atoms with Gasteiger partial charge >= 0.3 is 5.97 Å². The molecule has 2 N–H and O–H groups in total. The molecule has 0 bridgehead atoms. The molecule has 0 fully saturated rings. The van der Waals surface area contributed by atoms with E-state index in [9.17, 15) is 14.4 Å². The lowest BCUT2D eigenvalue weighted by Gasteiger charge is -2.17. The summed E-state index contributed by atoms with van der Waals surface area (Å²) in [5, 5.41) is 13.9. The number of carbonyl (C=O) groups excluding carboxylic acids is 3. The highest BCUT2D eigenvalue weighted by Crippen LogP contribution is 2.11. The van der Waals surface area contributed by atoms with E-state index in [1.807, 2.05) is 12.1 Å². The van der Waals surface area contributed by atoms with Crippen LogP contribution in [0.25, 0.3) is 0 Å². The van der Waals surface area contributed by atoms with E-state index in [0.717, 1.165) is 0 Å². The van der Waals surface area contributed by atoms with Gasteiger partial charge in [0.25, 0.3) is 11.8 Å². The lowest BCUT2D eigenvalue weighted by atomic mass is 10.2. The second-order valence-electron chi connectivity index (χ2n) is 6.15. The summed E-state index contributed by atoms with van der Waals surface area (Å²) in [4.78, 5) is 36.2. The van der Waals surface area contributed by atoms with Crippen LogP contribution in [0.4, 0.5) is 5.69 Å². The molecule has 0 saturated carbocycles. The summed E-state index contributed by atoms with van der Waals surface area (Å²) >= 11 is 0. The van der Waals surface area contributed by atoms with Crippen molar-refractivity contribution in [3.05, 3.63) is 60.2 Å². The quantitative estimate of drug-likeness (QED) is 0.660. The summed E-state index contributed by atoms with van der Waals surface area (Å²) in [5.74, 6) is -1.28. The fraction of sp³-hybridized carbons (Fsp3) is 0.238. The number of carbonyl (C=O) groups is 3. The fourth-order valence-electron chi connectivity index (χ4n) is 2.25. The Morgan fingerprint density at radius 2 is 1.79 bits per heavy atom. The van der Waals surface area contributed by atoms with Gasteiger partial charge in [0.2, 0.25) is 0 Å². The minimum Gasteiger partial charge on any atom is -0.484 e. The van der Waals surface area contributed by atoms with Crippen LogP contribution in [0.3, 0.4) is 0 Å². The van der Waals surface area contributed by atoms with Crippen molar-refractivity contribution in [2.75, 3.05) is 11.9 Å². The highest BCUT2D eigenvalue weighted by molar-refractivity contribution is 5.95. The summed E-state index contributed by atoms with van der Waals surface area (Å²) < 4.78 is 10.4. The summed E-state index contributed by atoms with van der Waals surface area (Å²) in [6, 6.07) is 16.1. The number of nitriles is 1. The summed E-state index contributed by atoms with van der Waals surface area (Å²) in [6.45, 7) is 2.60. The molecule has 0 heterocycles. The number of nitrogens with zero attached hydrogens (tertiary/aromatic N) is 1. The van der Waals surface area contributed by atoms with E-state index >= 15 is 0 Å². The summed E-state index contributed by atoms with van der Waals surface area (Å²) in [7, 11) is 0. The van der Waals surface area contributed by atoms with Gasteiger partial charge < -0.3 is 20.1 Å². The number of benzene rings is 2. The van der Waals surface area contributed by atoms with Gasteiger partial charge in [0, 0.05) is 5.69 Å². The Bertz CT molecular complexity index is 908. The average molecular weight is 395 g/mol. The zero-order chi connectivity index (χ0) is 21.2. The van der Waals surface area contributed by atoms with Gasteiger partial charge in [-0.2, -0.15) is 5.26 Å². The number of ether oxygens (including phenoxy) is 2. The first-order valence-electron chi connectivity index (χ1n) is 8.87. The molecule has 0 radical (unpaired) electrons. The zero-order valence-corrected chi connectivity index (χ0v) is 16.0. The fourth-order valence-corrected chi connectivity index (χ4v) is 2.25. The third-order valence-electron chi connectivity index (χ3n) is 3.77. The third kappa shape index (κ3) is 6.99. The van der Waals surface area contributed by atoms with Crippen LogP contribution in [0.5, 0.6) is 5.75 Å². The molecule has 0 aromatic heterocycles. The average Bonchev–Trinajstić information content (AvgIpc) is 2.73. The number of esters is 1. The predicted octanol–water partition coefficient (Wildman–Crippen LogP) is 2.01. The lowest BCUT2D eigenvalue weighted by molar-refractivity contribution is -0.155. The number of anilines is 1. The Labute approximate surface area is 168 Å². The van der Waals surface area contributed by atoms with Gasteiger partial charge in [-0.1, -0.05) is 24.3 Å². The molecule has 2 aromatic carbocycles. The molecule has 0 aliphatic heterocycles. The molecule has 2 rings (SSSR count). The van der Waals surface area contributed by atoms with Gasteiger partial charge in [-0.05, 0) is 44.2 Å². The zero-order valence-electron chi connectivity index (χ0n) is 16.0. The van der Waals surface area contributed by atoms with Crippen LogP contribution in [0.1, 0.15) is 19.4 Å². The van der Waals surface area contributed by atoms with E-state index in [4.69, 9.17) is 14.7 Å². The van der Waals surface area contributed by atoms with Crippen LogP contribution >= 0.6 is 0 Å². The van der Waals surface area contributed by atoms with Crippen molar-refractivity contribution in [3.63, 3.8) is 0 Å². The molecule has 0 aliphatic rings. The van der Waals surface area contributed by atoms with E-state index in [-0.39, 0.29) is 6.61 Å². The van der Waals surface area contributed by atoms with Crippen molar-refractivity contribution in [2.24, 2.45) is 0 Å². The molecule has 2 atom stereocenters. The first-order chi connectivity index (χ1) is 13.9. The van der Waals surface area contributed by atoms with Crippen LogP contribution in [-0.4, -0.2) is 36.5 Å². The van der Waals surface area contributed by atoms with Crippen molar-refractivity contribution < 1.29 is 23.9 Å². The normalized spacial score (nSPS) is 12.0. The van der Waals surface area contributed by atoms with Crippen molar-refractivity contribution in [1.29, 1.82) is 5.26 Å². The number of hydrogen-bond donors (Lipinski definition) is 2. The van der Waals surface area contributed by atoms with Gasteiger partial charge in [-0.3, -0.25) is 9.59 Å². The Morgan fingerprint density at radius 1 is 1.07 bits per heavy atom. The molecule has 8 nitrogen and oxygen atoms in total. The van der Waals surface area contributed by atoms with E-state index in [1.165, 1.54) is 19.9 Å². The van der Waals surface area contributed by atoms with Gasteiger partial charge in [0.1, 0.15) is 11.8 Å². The van der Waals surface area contributed by atoms with Gasteiger partial charge in [0.05, 0.1) is 11.6 Å². The van der Waals surface area contributed by atoms with Gasteiger partial charge in [-0.15, -0.1) is 0 Å². The number of para-hydroxylation sites is 1. The summed E-state index contributed by atoms with van der Waals surface area (Å²) in [6.07, 6.45) is -1.09. The van der Waals surface area contributed by atoms with Crippen LogP contribution in [0, 0.1) is 11.3 Å². The monoisotopic (exact) mass is 395 g/mol. The van der Waals surface area contributed by atoms with Crippen LogP contribution in [0.15, 0.2) is 54.6 Å². The topological polar surface area (TPSA) is 118 Å². The highest BCUT2D eigenvalue weighted by atomic mass is 16.5.